The summed E-state index contributed by atoms with van der Waals surface area (Å²) in [5.41, 5.74) is 3.36. The Bertz CT molecular complexity index is 559. The molecule has 88 valence electrons. The molecule has 0 N–H and O–H groups in total. The van der Waals surface area contributed by atoms with E-state index in [9.17, 15) is 4.79 Å². The molecule has 4 heteroatoms. The number of methoxy groups -OCH3 is 1. The predicted molar refractivity (Wildman–Crippen MR) is 65.0 cm³/mol. The SMILES string of the molecule is COc1ccc(C)cc1-n1ncc(C=O)c1C. The van der Waals surface area contributed by atoms with Crippen LogP contribution < -0.4 is 4.74 Å². The predicted octanol–water partition coefficient (Wildman–Crippen LogP) is 2.31. The maximum absolute atomic E-state index is 10.8. The van der Waals surface area contributed by atoms with Gasteiger partial charge in [-0.15, -0.1) is 0 Å². The number of rotatable bonds is 3. The lowest BCUT2D eigenvalue weighted by Gasteiger charge is -2.11. The molecule has 1 aromatic carbocycles. The van der Waals surface area contributed by atoms with Crippen molar-refractivity contribution in [3.63, 3.8) is 0 Å². The van der Waals surface area contributed by atoms with E-state index in [1.807, 2.05) is 32.0 Å². The molecule has 0 saturated carbocycles. The molecule has 4 nitrogen and oxygen atoms in total. The lowest BCUT2D eigenvalue weighted by molar-refractivity contribution is 0.112. The van der Waals surface area contributed by atoms with E-state index in [0.29, 0.717) is 5.56 Å². The third-order valence-electron chi connectivity index (χ3n) is 2.74. The topological polar surface area (TPSA) is 44.1 Å². The molecule has 1 heterocycles. The second-order valence-electron chi connectivity index (χ2n) is 3.89. The van der Waals surface area contributed by atoms with E-state index < -0.39 is 0 Å². The molecular formula is C13H14N2O2. The van der Waals surface area contributed by atoms with E-state index in [0.717, 1.165) is 29.0 Å². The highest BCUT2D eigenvalue weighted by Crippen LogP contribution is 2.25. The average molecular weight is 230 g/mol. The van der Waals surface area contributed by atoms with Crippen molar-refractivity contribution in [2.75, 3.05) is 7.11 Å². The second-order valence-corrected chi connectivity index (χ2v) is 3.89. The summed E-state index contributed by atoms with van der Waals surface area (Å²) in [4.78, 5) is 10.8. The van der Waals surface area contributed by atoms with Crippen LogP contribution in [0.3, 0.4) is 0 Å². The summed E-state index contributed by atoms with van der Waals surface area (Å²) in [6, 6.07) is 5.85. The van der Waals surface area contributed by atoms with Crippen LogP contribution in [0.1, 0.15) is 21.6 Å². The van der Waals surface area contributed by atoms with Gasteiger partial charge in [0.1, 0.15) is 11.4 Å². The quantitative estimate of drug-likeness (QED) is 0.760. The Morgan fingerprint density at radius 2 is 2.12 bits per heavy atom. The molecule has 0 saturated heterocycles. The number of aldehydes is 1. The van der Waals surface area contributed by atoms with Crippen LogP contribution in [0.4, 0.5) is 0 Å². The van der Waals surface area contributed by atoms with Gasteiger partial charge in [0.2, 0.25) is 0 Å². The van der Waals surface area contributed by atoms with Crippen LogP contribution >= 0.6 is 0 Å². The van der Waals surface area contributed by atoms with Crippen molar-refractivity contribution in [1.29, 1.82) is 0 Å². The lowest BCUT2D eigenvalue weighted by atomic mass is 10.2. The molecule has 0 aliphatic rings. The monoisotopic (exact) mass is 230 g/mol. The Balaban J connectivity index is 2.62. The highest BCUT2D eigenvalue weighted by Gasteiger charge is 2.11. The molecule has 0 atom stereocenters. The molecular weight excluding hydrogens is 216 g/mol. The average Bonchev–Trinajstić information content (AvgIpc) is 2.70. The number of aryl methyl sites for hydroxylation is 1. The molecule has 0 bridgehead atoms. The molecule has 0 spiro atoms. The van der Waals surface area contributed by atoms with Gasteiger partial charge in [0.05, 0.1) is 24.6 Å². The van der Waals surface area contributed by atoms with E-state index in [2.05, 4.69) is 5.10 Å². The zero-order valence-electron chi connectivity index (χ0n) is 10.1. The number of carbonyl (C=O) groups excluding carboxylic acids is 1. The number of hydrogen-bond acceptors (Lipinski definition) is 3. The maximum Gasteiger partial charge on any atom is 0.153 e. The molecule has 0 unspecified atom stereocenters. The molecule has 2 aromatic rings. The highest BCUT2D eigenvalue weighted by atomic mass is 16.5. The third kappa shape index (κ3) is 1.93. The van der Waals surface area contributed by atoms with Crippen LogP contribution in [0.25, 0.3) is 5.69 Å². The summed E-state index contributed by atoms with van der Waals surface area (Å²) in [6.07, 6.45) is 2.37. The van der Waals surface area contributed by atoms with Crippen molar-refractivity contribution in [3.05, 3.63) is 41.2 Å². The first-order valence-electron chi connectivity index (χ1n) is 5.32. The first-order valence-corrected chi connectivity index (χ1v) is 5.32. The van der Waals surface area contributed by atoms with Crippen LogP contribution in [0, 0.1) is 13.8 Å². The lowest BCUT2D eigenvalue weighted by Crippen LogP contribution is -2.02. The van der Waals surface area contributed by atoms with Crippen molar-refractivity contribution in [2.45, 2.75) is 13.8 Å². The number of carbonyl (C=O) groups is 1. The molecule has 2 rings (SSSR count). The van der Waals surface area contributed by atoms with Gasteiger partial charge in [-0.3, -0.25) is 4.79 Å². The summed E-state index contributed by atoms with van der Waals surface area (Å²) in [7, 11) is 1.62. The number of hydrogen-bond donors (Lipinski definition) is 0. The van der Waals surface area contributed by atoms with E-state index in [-0.39, 0.29) is 0 Å². The number of nitrogens with zero attached hydrogens (tertiary/aromatic N) is 2. The van der Waals surface area contributed by atoms with Crippen molar-refractivity contribution in [2.24, 2.45) is 0 Å². The molecule has 0 amide bonds. The summed E-state index contributed by atoms with van der Waals surface area (Å²) < 4.78 is 7.02. The zero-order valence-corrected chi connectivity index (χ0v) is 10.1. The first-order chi connectivity index (χ1) is 8.17. The standard InChI is InChI=1S/C13H14N2O2/c1-9-4-5-13(17-3)12(6-9)15-10(2)11(8-16)7-14-15/h4-8H,1-3H3. The molecule has 0 radical (unpaired) electrons. The number of benzene rings is 1. The normalized spacial score (nSPS) is 10.3. The van der Waals surface area contributed by atoms with Gasteiger partial charge >= 0.3 is 0 Å². The highest BCUT2D eigenvalue weighted by molar-refractivity contribution is 5.76. The first kappa shape index (κ1) is 11.4. The Hall–Kier alpha value is -2.10. The van der Waals surface area contributed by atoms with Crippen LogP contribution in [0.15, 0.2) is 24.4 Å². The molecule has 0 fully saturated rings. The Morgan fingerprint density at radius 3 is 2.71 bits per heavy atom. The van der Waals surface area contributed by atoms with Gasteiger partial charge in [-0.25, -0.2) is 4.68 Å². The smallest absolute Gasteiger partial charge is 0.153 e. The van der Waals surface area contributed by atoms with E-state index in [4.69, 9.17) is 4.74 Å². The minimum Gasteiger partial charge on any atom is -0.494 e. The minimum absolute atomic E-state index is 0.591. The van der Waals surface area contributed by atoms with Gasteiger partial charge in [0, 0.05) is 0 Å². The summed E-state index contributed by atoms with van der Waals surface area (Å²) in [6.45, 7) is 3.86. The van der Waals surface area contributed by atoms with Crippen LogP contribution in [0.2, 0.25) is 0 Å². The fourth-order valence-corrected chi connectivity index (χ4v) is 1.75. The summed E-state index contributed by atoms with van der Waals surface area (Å²) in [5, 5.41) is 4.21. The van der Waals surface area contributed by atoms with Gasteiger partial charge in [-0.1, -0.05) is 6.07 Å². The Kier molecular flexibility index (Phi) is 2.95. The Morgan fingerprint density at radius 1 is 1.35 bits per heavy atom. The van der Waals surface area contributed by atoms with Crippen LogP contribution in [-0.4, -0.2) is 23.2 Å². The van der Waals surface area contributed by atoms with Crippen LogP contribution in [0.5, 0.6) is 5.75 Å². The largest absolute Gasteiger partial charge is 0.494 e. The molecule has 1 aromatic heterocycles. The van der Waals surface area contributed by atoms with Crippen molar-refractivity contribution >= 4 is 6.29 Å². The van der Waals surface area contributed by atoms with Gasteiger partial charge < -0.3 is 4.74 Å². The van der Waals surface area contributed by atoms with Crippen molar-refractivity contribution < 1.29 is 9.53 Å². The van der Waals surface area contributed by atoms with Crippen molar-refractivity contribution in [1.82, 2.24) is 9.78 Å². The second kappa shape index (κ2) is 4.41. The van der Waals surface area contributed by atoms with Crippen LogP contribution in [-0.2, 0) is 0 Å². The fourth-order valence-electron chi connectivity index (χ4n) is 1.75. The molecule has 0 aliphatic carbocycles. The Labute approximate surface area is 99.8 Å². The molecule has 17 heavy (non-hydrogen) atoms. The van der Waals surface area contributed by atoms with Crippen molar-refractivity contribution in [3.8, 4) is 11.4 Å². The number of ether oxygens (including phenoxy) is 1. The third-order valence-corrected chi connectivity index (χ3v) is 2.74. The summed E-state index contributed by atoms with van der Waals surface area (Å²) >= 11 is 0. The maximum atomic E-state index is 10.8. The number of aromatic nitrogens is 2. The fraction of sp³-hybridized carbons (Fsp3) is 0.231. The van der Waals surface area contributed by atoms with Gasteiger partial charge in [-0.05, 0) is 31.5 Å². The molecule has 0 aliphatic heterocycles. The van der Waals surface area contributed by atoms with Gasteiger partial charge in [0.15, 0.2) is 6.29 Å². The zero-order chi connectivity index (χ0) is 12.4. The van der Waals surface area contributed by atoms with Gasteiger partial charge in [-0.2, -0.15) is 5.10 Å². The minimum atomic E-state index is 0.591. The van der Waals surface area contributed by atoms with E-state index in [1.54, 1.807) is 18.0 Å². The van der Waals surface area contributed by atoms with E-state index >= 15 is 0 Å². The summed E-state index contributed by atoms with van der Waals surface area (Å²) in [5.74, 6) is 0.735. The van der Waals surface area contributed by atoms with E-state index in [1.165, 1.54) is 0 Å². The van der Waals surface area contributed by atoms with Gasteiger partial charge in [0.25, 0.3) is 0 Å².